The first-order chi connectivity index (χ1) is 13.1. The fourth-order valence-corrected chi connectivity index (χ4v) is 3.74. The van der Waals surface area contributed by atoms with Crippen LogP contribution in [0.15, 0.2) is 48.5 Å². The van der Waals surface area contributed by atoms with Crippen LogP contribution in [0.5, 0.6) is 0 Å². The fourth-order valence-electron chi connectivity index (χ4n) is 3.74. The van der Waals surface area contributed by atoms with Gasteiger partial charge in [0.15, 0.2) is 0 Å². The summed E-state index contributed by atoms with van der Waals surface area (Å²) in [4.78, 5) is 17.3. The molecule has 4 nitrogen and oxygen atoms in total. The predicted octanol–water partition coefficient (Wildman–Crippen LogP) is 3.57. The monoisotopic (exact) mass is 364 g/mol. The molecule has 1 saturated carbocycles. The van der Waals surface area contributed by atoms with Gasteiger partial charge in [-0.15, -0.1) is 0 Å². The summed E-state index contributed by atoms with van der Waals surface area (Å²) in [6, 6.07) is 15.8. The van der Waals surface area contributed by atoms with Crippen LogP contribution in [0.3, 0.4) is 0 Å². The van der Waals surface area contributed by atoms with E-state index in [0.29, 0.717) is 0 Å². The molecule has 0 unspecified atom stereocenters. The SMILES string of the molecule is C[C@@H](O)c1ccc(-c2ccc(C(=O)N3CCN(CC4CC4)CC3)cc2)cc1. The first-order valence-electron chi connectivity index (χ1n) is 10.0. The molecular weight excluding hydrogens is 336 g/mol. The largest absolute Gasteiger partial charge is 0.389 e. The Hall–Kier alpha value is -2.17. The number of hydrogen-bond acceptors (Lipinski definition) is 3. The van der Waals surface area contributed by atoms with Crippen molar-refractivity contribution in [2.75, 3.05) is 32.7 Å². The highest BCUT2D eigenvalue weighted by atomic mass is 16.3. The predicted molar refractivity (Wildman–Crippen MR) is 108 cm³/mol. The maximum absolute atomic E-state index is 12.8. The number of benzene rings is 2. The standard InChI is InChI=1S/C23H28N2O2/c1-17(26)19-4-6-20(7-5-19)21-8-10-22(11-9-21)23(27)25-14-12-24(13-15-25)16-18-2-3-18/h4-11,17-18,26H,2-3,12-16H2,1H3/t17-/m1/s1. The lowest BCUT2D eigenvalue weighted by molar-refractivity contribution is 0.0632. The average Bonchev–Trinajstić information content (AvgIpc) is 3.52. The van der Waals surface area contributed by atoms with Crippen molar-refractivity contribution in [3.63, 3.8) is 0 Å². The molecule has 1 saturated heterocycles. The Morgan fingerprint density at radius 1 is 0.963 bits per heavy atom. The van der Waals surface area contributed by atoms with Gasteiger partial charge < -0.3 is 10.0 Å². The number of amides is 1. The average molecular weight is 364 g/mol. The van der Waals surface area contributed by atoms with E-state index in [1.807, 2.05) is 53.4 Å². The van der Waals surface area contributed by atoms with Gasteiger partial charge in [-0.2, -0.15) is 0 Å². The number of nitrogens with zero attached hydrogens (tertiary/aromatic N) is 2. The van der Waals surface area contributed by atoms with Crippen molar-refractivity contribution in [2.24, 2.45) is 5.92 Å². The van der Waals surface area contributed by atoms with E-state index < -0.39 is 6.10 Å². The van der Waals surface area contributed by atoms with Crippen LogP contribution in [0, 0.1) is 5.92 Å². The molecule has 1 aliphatic heterocycles. The van der Waals surface area contributed by atoms with E-state index in [1.54, 1.807) is 6.92 Å². The van der Waals surface area contributed by atoms with Crippen LogP contribution >= 0.6 is 0 Å². The van der Waals surface area contributed by atoms with Crippen LogP contribution in [-0.2, 0) is 0 Å². The summed E-state index contributed by atoms with van der Waals surface area (Å²) in [5, 5.41) is 9.62. The summed E-state index contributed by atoms with van der Waals surface area (Å²) in [5.41, 5.74) is 3.84. The first-order valence-corrected chi connectivity index (χ1v) is 10.0. The first kappa shape index (κ1) is 18.2. The Morgan fingerprint density at radius 2 is 1.52 bits per heavy atom. The van der Waals surface area contributed by atoms with Crippen LogP contribution in [-0.4, -0.2) is 53.5 Å². The Morgan fingerprint density at radius 3 is 2.04 bits per heavy atom. The third kappa shape index (κ3) is 4.40. The Balaban J connectivity index is 1.37. The molecule has 142 valence electrons. The van der Waals surface area contributed by atoms with Crippen molar-refractivity contribution in [3.05, 3.63) is 59.7 Å². The Labute approximate surface area is 161 Å². The second kappa shape index (κ2) is 7.83. The van der Waals surface area contributed by atoms with Gasteiger partial charge in [-0.25, -0.2) is 0 Å². The molecule has 2 aromatic rings. The molecule has 0 bridgehead atoms. The maximum atomic E-state index is 12.8. The quantitative estimate of drug-likeness (QED) is 0.882. The lowest BCUT2D eigenvalue weighted by Crippen LogP contribution is -2.49. The molecule has 1 amide bonds. The van der Waals surface area contributed by atoms with Crippen molar-refractivity contribution in [1.29, 1.82) is 0 Å². The minimum absolute atomic E-state index is 0.136. The molecule has 1 heterocycles. The van der Waals surface area contributed by atoms with Crippen LogP contribution in [0.25, 0.3) is 11.1 Å². The van der Waals surface area contributed by atoms with Crippen LogP contribution in [0.4, 0.5) is 0 Å². The smallest absolute Gasteiger partial charge is 0.253 e. The summed E-state index contributed by atoms with van der Waals surface area (Å²) in [5.74, 6) is 1.05. The zero-order chi connectivity index (χ0) is 18.8. The zero-order valence-electron chi connectivity index (χ0n) is 16.0. The Bertz CT molecular complexity index is 771. The maximum Gasteiger partial charge on any atom is 0.253 e. The normalized spacial score (nSPS) is 19.1. The van der Waals surface area contributed by atoms with Gasteiger partial charge in [-0.1, -0.05) is 36.4 Å². The number of rotatable bonds is 5. The van der Waals surface area contributed by atoms with E-state index >= 15 is 0 Å². The van der Waals surface area contributed by atoms with Crippen molar-refractivity contribution in [3.8, 4) is 11.1 Å². The second-order valence-electron chi connectivity index (χ2n) is 7.91. The van der Waals surface area contributed by atoms with E-state index in [-0.39, 0.29) is 5.91 Å². The molecule has 2 fully saturated rings. The van der Waals surface area contributed by atoms with Gasteiger partial charge in [0.1, 0.15) is 0 Å². The van der Waals surface area contributed by atoms with E-state index in [4.69, 9.17) is 0 Å². The number of piperazine rings is 1. The molecule has 27 heavy (non-hydrogen) atoms. The molecule has 1 atom stereocenters. The van der Waals surface area contributed by atoms with Crippen LogP contribution < -0.4 is 0 Å². The highest BCUT2D eigenvalue weighted by Crippen LogP contribution is 2.30. The van der Waals surface area contributed by atoms with E-state index in [9.17, 15) is 9.90 Å². The van der Waals surface area contributed by atoms with E-state index in [2.05, 4.69) is 4.90 Å². The van der Waals surface area contributed by atoms with Crippen LogP contribution in [0.1, 0.15) is 41.8 Å². The highest BCUT2D eigenvalue weighted by Gasteiger charge is 2.27. The van der Waals surface area contributed by atoms with Gasteiger partial charge in [0.2, 0.25) is 0 Å². The van der Waals surface area contributed by atoms with Gasteiger partial charge in [0.25, 0.3) is 5.91 Å². The molecule has 1 aliphatic carbocycles. The molecule has 4 heteroatoms. The summed E-state index contributed by atoms with van der Waals surface area (Å²) in [7, 11) is 0. The number of carbonyl (C=O) groups is 1. The van der Waals surface area contributed by atoms with Crippen molar-refractivity contribution in [1.82, 2.24) is 9.80 Å². The molecule has 0 aromatic heterocycles. The van der Waals surface area contributed by atoms with Gasteiger partial charge in [-0.05, 0) is 54.5 Å². The molecule has 2 aromatic carbocycles. The number of aliphatic hydroxyl groups excluding tert-OH is 1. The molecule has 2 aliphatic rings. The van der Waals surface area contributed by atoms with Gasteiger partial charge in [-0.3, -0.25) is 9.69 Å². The lowest BCUT2D eigenvalue weighted by Gasteiger charge is -2.34. The van der Waals surface area contributed by atoms with Crippen LogP contribution in [0.2, 0.25) is 0 Å². The Kier molecular flexibility index (Phi) is 5.28. The third-order valence-corrected chi connectivity index (χ3v) is 5.73. The zero-order valence-corrected chi connectivity index (χ0v) is 16.0. The minimum Gasteiger partial charge on any atom is -0.389 e. The molecule has 0 radical (unpaired) electrons. The highest BCUT2D eigenvalue weighted by molar-refractivity contribution is 5.94. The van der Waals surface area contributed by atoms with Gasteiger partial charge >= 0.3 is 0 Å². The van der Waals surface area contributed by atoms with Gasteiger partial charge in [0, 0.05) is 38.3 Å². The van der Waals surface area contributed by atoms with Crippen molar-refractivity contribution < 1.29 is 9.90 Å². The fraction of sp³-hybridized carbons (Fsp3) is 0.435. The van der Waals surface area contributed by atoms with Crippen molar-refractivity contribution >= 4 is 5.91 Å². The molecule has 0 spiro atoms. The molecule has 1 N–H and O–H groups in total. The molecule has 4 rings (SSSR count). The molecular formula is C23H28N2O2. The summed E-state index contributed by atoms with van der Waals surface area (Å²) in [6.45, 7) is 6.62. The summed E-state index contributed by atoms with van der Waals surface area (Å²) in [6.07, 6.45) is 2.31. The second-order valence-corrected chi connectivity index (χ2v) is 7.91. The van der Waals surface area contributed by atoms with Gasteiger partial charge in [0.05, 0.1) is 6.10 Å². The number of carbonyl (C=O) groups excluding carboxylic acids is 1. The number of hydrogen-bond donors (Lipinski definition) is 1. The summed E-state index contributed by atoms with van der Waals surface area (Å²) >= 11 is 0. The topological polar surface area (TPSA) is 43.8 Å². The summed E-state index contributed by atoms with van der Waals surface area (Å²) < 4.78 is 0. The minimum atomic E-state index is -0.455. The number of aliphatic hydroxyl groups is 1. The third-order valence-electron chi connectivity index (χ3n) is 5.73. The van der Waals surface area contributed by atoms with E-state index in [0.717, 1.165) is 54.4 Å². The lowest BCUT2D eigenvalue weighted by atomic mass is 10.0. The van der Waals surface area contributed by atoms with E-state index in [1.165, 1.54) is 19.4 Å². The van der Waals surface area contributed by atoms with Crippen molar-refractivity contribution in [2.45, 2.75) is 25.9 Å².